The average molecular weight is 478 g/mol. The van der Waals surface area contributed by atoms with Crippen molar-refractivity contribution in [2.45, 2.75) is 13.5 Å². The molecule has 1 aliphatic heterocycles. The Hall–Kier alpha value is -3.43. The molecule has 2 aromatic heterocycles. The van der Waals surface area contributed by atoms with Gasteiger partial charge in [-0.1, -0.05) is 30.3 Å². The van der Waals surface area contributed by atoms with Gasteiger partial charge < -0.3 is 14.6 Å². The molecule has 1 fully saturated rings. The van der Waals surface area contributed by atoms with Crippen molar-refractivity contribution in [1.29, 1.82) is 0 Å². The first-order chi connectivity index (χ1) is 16.5. The molecule has 3 heterocycles. The van der Waals surface area contributed by atoms with Crippen LogP contribution in [0.4, 0.5) is 5.82 Å². The van der Waals surface area contributed by atoms with Gasteiger partial charge in [-0.25, -0.2) is 18.4 Å². The van der Waals surface area contributed by atoms with E-state index in [1.54, 1.807) is 11.2 Å². The molecule has 0 saturated carbocycles. The number of hydrogen-bond donors (Lipinski definition) is 1. The molecule has 0 unspecified atom stereocenters. The molecule has 5 rings (SSSR count). The average Bonchev–Trinajstić information content (AvgIpc) is 3.32. The number of aromatic amines is 1. The van der Waals surface area contributed by atoms with Gasteiger partial charge in [0.15, 0.2) is 5.65 Å². The molecule has 1 aliphatic rings. The lowest BCUT2D eigenvalue weighted by molar-refractivity contribution is 0.306. The number of fused-ring (bicyclic) bond motifs is 1. The van der Waals surface area contributed by atoms with E-state index in [-0.39, 0.29) is 5.75 Å². The fourth-order valence-corrected chi connectivity index (χ4v) is 5.11. The van der Waals surface area contributed by atoms with E-state index in [1.807, 2.05) is 66.7 Å². The molecular weight excluding hydrogens is 450 g/mol. The van der Waals surface area contributed by atoms with Crippen molar-refractivity contribution in [2.75, 3.05) is 36.8 Å². The number of ether oxygens (including phenoxy) is 1. The predicted molar refractivity (Wildman–Crippen MR) is 133 cm³/mol. The number of hydrogen-bond acceptors (Lipinski definition) is 6. The van der Waals surface area contributed by atoms with E-state index in [0.29, 0.717) is 38.4 Å². The van der Waals surface area contributed by atoms with Crippen molar-refractivity contribution >= 4 is 27.0 Å². The molecule has 176 valence electrons. The fraction of sp³-hybridized carbons (Fsp3) is 0.280. The van der Waals surface area contributed by atoms with Crippen LogP contribution in [0.3, 0.4) is 0 Å². The molecule has 9 heteroatoms. The maximum absolute atomic E-state index is 12.1. The van der Waals surface area contributed by atoms with E-state index < -0.39 is 10.0 Å². The number of benzene rings is 2. The third-order valence-corrected chi connectivity index (χ3v) is 7.91. The van der Waals surface area contributed by atoms with Gasteiger partial charge in [-0.3, -0.25) is 0 Å². The van der Waals surface area contributed by atoms with Crippen LogP contribution in [0.5, 0.6) is 5.75 Å². The van der Waals surface area contributed by atoms with E-state index in [0.717, 1.165) is 34.0 Å². The number of H-pyrrole nitrogens is 1. The van der Waals surface area contributed by atoms with Crippen LogP contribution < -0.4 is 9.64 Å². The van der Waals surface area contributed by atoms with Crippen LogP contribution in [0, 0.1) is 0 Å². The number of anilines is 1. The van der Waals surface area contributed by atoms with Gasteiger partial charge in [0.25, 0.3) is 0 Å². The van der Waals surface area contributed by atoms with Gasteiger partial charge in [0.05, 0.1) is 11.3 Å². The largest absolute Gasteiger partial charge is 0.489 e. The summed E-state index contributed by atoms with van der Waals surface area (Å²) in [5.41, 5.74) is 3.57. The zero-order valence-electron chi connectivity index (χ0n) is 19.0. The van der Waals surface area contributed by atoms with Gasteiger partial charge in [0.1, 0.15) is 24.0 Å². The van der Waals surface area contributed by atoms with Crippen molar-refractivity contribution in [3.8, 4) is 17.1 Å². The highest BCUT2D eigenvalue weighted by molar-refractivity contribution is 7.89. The van der Waals surface area contributed by atoms with Crippen LogP contribution in [0.15, 0.2) is 66.7 Å². The van der Waals surface area contributed by atoms with Crippen LogP contribution in [0.25, 0.3) is 22.6 Å². The first kappa shape index (κ1) is 22.4. The van der Waals surface area contributed by atoms with Crippen LogP contribution in [0.1, 0.15) is 12.5 Å². The van der Waals surface area contributed by atoms with Crippen molar-refractivity contribution in [2.24, 2.45) is 0 Å². The second-order valence-electron chi connectivity index (χ2n) is 8.21. The summed E-state index contributed by atoms with van der Waals surface area (Å²) in [4.78, 5) is 14.9. The minimum atomic E-state index is -3.15. The van der Waals surface area contributed by atoms with E-state index in [1.165, 1.54) is 0 Å². The van der Waals surface area contributed by atoms with E-state index in [4.69, 9.17) is 9.72 Å². The molecule has 2 aromatic carbocycles. The van der Waals surface area contributed by atoms with Crippen molar-refractivity contribution in [1.82, 2.24) is 19.3 Å². The molecular formula is C25H27N5O3S. The SMILES string of the molecule is CCS(=O)(=O)N1CCN(c2ccc3[nH]c(-c4ccc(OCc5ccccc5)cc4)nc3n2)CC1. The molecule has 0 bridgehead atoms. The molecule has 0 atom stereocenters. The highest BCUT2D eigenvalue weighted by Crippen LogP contribution is 2.25. The number of pyridine rings is 1. The monoisotopic (exact) mass is 477 g/mol. The predicted octanol–water partition coefficient (Wildman–Crippen LogP) is 3.68. The Morgan fingerprint density at radius 2 is 1.65 bits per heavy atom. The van der Waals surface area contributed by atoms with Gasteiger partial charge >= 0.3 is 0 Å². The Morgan fingerprint density at radius 3 is 2.35 bits per heavy atom. The molecule has 0 amide bonds. The van der Waals surface area contributed by atoms with E-state index in [9.17, 15) is 8.42 Å². The highest BCUT2D eigenvalue weighted by atomic mass is 32.2. The Kier molecular flexibility index (Phi) is 6.21. The number of nitrogens with zero attached hydrogens (tertiary/aromatic N) is 4. The Labute approximate surface area is 199 Å². The third-order valence-electron chi connectivity index (χ3n) is 6.03. The minimum Gasteiger partial charge on any atom is -0.489 e. The number of imidazole rings is 1. The lowest BCUT2D eigenvalue weighted by Gasteiger charge is -2.34. The molecule has 0 spiro atoms. The maximum Gasteiger partial charge on any atom is 0.213 e. The third kappa shape index (κ3) is 4.76. The van der Waals surface area contributed by atoms with E-state index in [2.05, 4.69) is 14.9 Å². The zero-order valence-corrected chi connectivity index (χ0v) is 19.8. The zero-order chi connectivity index (χ0) is 23.5. The van der Waals surface area contributed by atoms with Gasteiger partial charge in [-0.2, -0.15) is 4.31 Å². The normalized spacial score (nSPS) is 15.0. The van der Waals surface area contributed by atoms with Gasteiger partial charge in [0, 0.05) is 31.7 Å². The first-order valence-electron chi connectivity index (χ1n) is 11.4. The Bertz CT molecular complexity index is 1360. The number of rotatable bonds is 7. The number of nitrogens with one attached hydrogen (secondary N) is 1. The summed E-state index contributed by atoms with van der Waals surface area (Å²) in [6, 6.07) is 21.8. The molecule has 1 N–H and O–H groups in total. The Morgan fingerprint density at radius 1 is 0.912 bits per heavy atom. The van der Waals surface area contributed by atoms with Gasteiger partial charge in [-0.15, -0.1) is 0 Å². The number of sulfonamides is 1. The van der Waals surface area contributed by atoms with Gasteiger partial charge in [-0.05, 0) is 48.9 Å². The number of piperazine rings is 1. The summed E-state index contributed by atoms with van der Waals surface area (Å²) >= 11 is 0. The van der Waals surface area contributed by atoms with Crippen LogP contribution in [0.2, 0.25) is 0 Å². The maximum atomic E-state index is 12.1. The van der Waals surface area contributed by atoms with Crippen LogP contribution in [-0.4, -0.2) is 59.6 Å². The summed E-state index contributed by atoms with van der Waals surface area (Å²) < 4.78 is 31.6. The molecule has 34 heavy (non-hydrogen) atoms. The van der Waals surface area contributed by atoms with Crippen molar-refractivity contribution < 1.29 is 13.2 Å². The lowest BCUT2D eigenvalue weighted by Crippen LogP contribution is -2.49. The summed E-state index contributed by atoms with van der Waals surface area (Å²) in [6.45, 7) is 4.37. The second-order valence-corrected chi connectivity index (χ2v) is 10.5. The molecule has 4 aromatic rings. The van der Waals surface area contributed by atoms with E-state index >= 15 is 0 Å². The fourth-order valence-electron chi connectivity index (χ4n) is 4.02. The summed E-state index contributed by atoms with van der Waals surface area (Å²) in [6.07, 6.45) is 0. The summed E-state index contributed by atoms with van der Waals surface area (Å²) in [5.74, 6) is 2.48. The molecule has 1 saturated heterocycles. The summed E-state index contributed by atoms with van der Waals surface area (Å²) in [5, 5.41) is 0. The highest BCUT2D eigenvalue weighted by Gasteiger charge is 2.26. The quantitative estimate of drug-likeness (QED) is 0.437. The number of aromatic nitrogens is 3. The van der Waals surface area contributed by atoms with Crippen LogP contribution >= 0.6 is 0 Å². The van der Waals surface area contributed by atoms with Crippen LogP contribution in [-0.2, 0) is 16.6 Å². The molecule has 0 radical (unpaired) electrons. The first-order valence-corrected chi connectivity index (χ1v) is 13.0. The topological polar surface area (TPSA) is 91.4 Å². The minimum absolute atomic E-state index is 0.132. The molecule has 8 nitrogen and oxygen atoms in total. The Balaban J connectivity index is 1.27. The summed E-state index contributed by atoms with van der Waals surface area (Å²) in [7, 11) is -3.15. The second kappa shape index (κ2) is 9.44. The van der Waals surface area contributed by atoms with Gasteiger partial charge in [0.2, 0.25) is 10.0 Å². The lowest BCUT2D eigenvalue weighted by atomic mass is 10.2. The standard InChI is InChI=1S/C25H27N5O3S/c1-2-34(31,32)30-16-14-29(15-17-30)23-13-12-22-25(27-23)28-24(26-22)20-8-10-21(11-9-20)33-18-19-6-4-3-5-7-19/h3-13H,2,14-18H2,1H3,(H,26,27,28). The smallest absolute Gasteiger partial charge is 0.213 e. The van der Waals surface area contributed by atoms with Crippen molar-refractivity contribution in [3.05, 3.63) is 72.3 Å². The van der Waals surface area contributed by atoms with Crippen molar-refractivity contribution in [3.63, 3.8) is 0 Å². The molecule has 0 aliphatic carbocycles.